The molecule has 0 unspecified atom stereocenters. The quantitative estimate of drug-likeness (QED) is 0.544. The number of anilines is 2. The molecule has 0 saturated heterocycles. The Morgan fingerprint density at radius 3 is 2.46 bits per heavy atom. The SMILES string of the molecule is CCN(C(C)=O)c1nc(C=CC(=O)c2ccc(NC(=O)NC(C)C)cc2)cs1. The van der Waals surface area contributed by atoms with Gasteiger partial charge in [0.2, 0.25) is 5.91 Å². The second kappa shape index (κ2) is 9.80. The standard InChI is InChI=1S/C20H24N4O3S/c1-5-24(14(4)25)20-23-17(12-28-20)10-11-18(26)15-6-8-16(9-7-15)22-19(27)21-13(2)3/h6-13H,5H2,1-4H3,(H2,21,22,27). The van der Waals surface area contributed by atoms with Gasteiger partial charge in [-0.2, -0.15) is 0 Å². The zero-order chi connectivity index (χ0) is 20.7. The maximum absolute atomic E-state index is 12.3. The molecule has 3 amide bonds. The Labute approximate surface area is 168 Å². The highest BCUT2D eigenvalue weighted by molar-refractivity contribution is 7.14. The first kappa shape index (κ1) is 21.3. The third-order valence-electron chi connectivity index (χ3n) is 3.69. The Hall–Kier alpha value is -3.00. The van der Waals surface area contributed by atoms with Gasteiger partial charge in [-0.25, -0.2) is 9.78 Å². The summed E-state index contributed by atoms with van der Waals surface area (Å²) in [7, 11) is 0. The summed E-state index contributed by atoms with van der Waals surface area (Å²) in [6.45, 7) is 7.67. The number of hydrogen-bond acceptors (Lipinski definition) is 5. The van der Waals surface area contributed by atoms with Crippen molar-refractivity contribution in [2.75, 3.05) is 16.8 Å². The second-order valence-electron chi connectivity index (χ2n) is 6.35. The number of urea groups is 1. The largest absolute Gasteiger partial charge is 0.336 e. The van der Waals surface area contributed by atoms with Crippen LogP contribution in [0.4, 0.5) is 15.6 Å². The molecule has 7 nitrogen and oxygen atoms in total. The van der Waals surface area contributed by atoms with E-state index < -0.39 is 0 Å². The summed E-state index contributed by atoms with van der Waals surface area (Å²) in [5, 5.41) is 7.84. The van der Waals surface area contributed by atoms with Crippen LogP contribution >= 0.6 is 11.3 Å². The summed E-state index contributed by atoms with van der Waals surface area (Å²) >= 11 is 1.36. The Morgan fingerprint density at radius 2 is 1.89 bits per heavy atom. The number of hydrogen-bond donors (Lipinski definition) is 2. The monoisotopic (exact) mass is 400 g/mol. The minimum atomic E-state index is -0.292. The highest BCUT2D eigenvalue weighted by atomic mass is 32.1. The van der Waals surface area contributed by atoms with Gasteiger partial charge in [-0.05, 0) is 57.2 Å². The zero-order valence-electron chi connectivity index (χ0n) is 16.4. The van der Waals surface area contributed by atoms with Crippen LogP contribution in [0.25, 0.3) is 6.08 Å². The van der Waals surface area contributed by atoms with Gasteiger partial charge in [-0.1, -0.05) is 0 Å². The molecule has 2 aromatic rings. The van der Waals surface area contributed by atoms with Gasteiger partial charge in [0.25, 0.3) is 0 Å². The van der Waals surface area contributed by atoms with Crippen LogP contribution in [0.3, 0.4) is 0 Å². The predicted octanol–water partition coefficient (Wildman–Crippen LogP) is 3.94. The third kappa shape index (κ3) is 6.02. The molecular formula is C20H24N4O3S. The molecule has 0 aliphatic rings. The molecule has 28 heavy (non-hydrogen) atoms. The lowest BCUT2D eigenvalue weighted by molar-refractivity contribution is -0.116. The Morgan fingerprint density at radius 1 is 1.21 bits per heavy atom. The fourth-order valence-corrected chi connectivity index (χ4v) is 3.27. The molecule has 1 aromatic carbocycles. The van der Waals surface area contributed by atoms with Crippen molar-refractivity contribution >= 4 is 46.0 Å². The fraction of sp³-hybridized carbons (Fsp3) is 0.300. The third-order valence-corrected chi connectivity index (χ3v) is 4.57. The van der Waals surface area contributed by atoms with E-state index in [0.717, 1.165) is 0 Å². The molecule has 0 aliphatic heterocycles. The number of nitrogens with one attached hydrogen (secondary N) is 2. The first-order valence-electron chi connectivity index (χ1n) is 8.93. The normalized spacial score (nSPS) is 10.9. The summed E-state index contributed by atoms with van der Waals surface area (Å²) in [5.41, 5.74) is 1.73. The van der Waals surface area contributed by atoms with Crippen LogP contribution in [-0.2, 0) is 4.79 Å². The first-order valence-corrected chi connectivity index (χ1v) is 9.81. The summed E-state index contributed by atoms with van der Waals surface area (Å²) < 4.78 is 0. The number of carbonyl (C=O) groups is 3. The van der Waals surface area contributed by atoms with E-state index in [-0.39, 0.29) is 23.8 Å². The van der Waals surface area contributed by atoms with Crippen molar-refractivity contribution in [2.24, 2.45) is 0 Å². The Balaban J connectivity index is 2.00. The van der Waals surface area contributed by atoms with Gasteiger partial charge in [0.15, 0.2) is 10.9 Å². The van der Waals surface area contributed by atoms with Gasteiger partial charge in [0.05, 0.1) is 5.69 Å². The maximum atomic E-state index is 12.3. The predicted molar refractivity (Wildman–Crippen MR) is 113 cm³/mol. The van der Waals surface area contributed by atoms with Crippen molar-refractivity contribution in [3.63, 3.8) is 0 Å². The fourth-order valence-electron chi connectivity index (χ4n) is 2.37. The van der Waals surface area contributed by atoms with Gasteiger partial charge < -0.3 is 10.6 Å². The van der Waals surface area contributed by atoms with Crippen molar-refractivity contribution in [3.05, 3.63) is 47.0 Å². The molecule has 0 bridgehead atoms. The van der Waals surface area contributed by atoms with Crippen LogP contribution in [0, 0.1) is 0 Å². The van der Waals surface area contributed by atoms with Crippen LogP contribution in [-0.4, -0.2) is 35.3 Å². The van der Waals surface area contributed by atoms with Gasteiger partial charge >= 0.3 is 6.03 Å². The average molecular weight is 401 g/mol. The number of benzene rings is 1. The molecule has 0 fully saturated rings. The number of amides is 3. The van der Waals surface area contributed by atoms with E-state index in [9.17, 15) is 14.4 Å². The molecule has 2 N–H and O–H groups in total. The number of carbonyl (C=O) groups excluding carboxylic acids is 3. The van der Waals surface area contributed by atoms with Crippen LogP contribution in [0.15, 0.2) is 35.7 Å². The smallest absolute Gasteiger partial charge is 0.319 e. The van der Waals surface area contributed by atoms with E-state index in [4.69, 9.17) is 0 Å². The molecule has 1 aromatic heterocycles. The van der Waals surface area contributed by atoms with E-state index in [1.54, 1.807) is 40.6 Å². The zero-order valence-corrected chi connectivity index (χ0v) is 17.2. The van der Waals surface area contributed by atoms with E-state index in [0.29, 0.717) is 28.6 Å². The lowest BCUT2D eigenvalue weighted by Crippen LogP contribution is -2.34. The number of thiazole rings is 1. The molecule has 0 aliphatic carbocycles. The molecule has 0 spiro atoms. The second-order valence-corrected chi connectivity index (χ2v) is 7.18. The van der Waals surface area contributed by atoms with Gasteiger partial charge in [0, 0.05) is 36.1 Å². The van der Waals surface area contributed by atoms with Crippen molar-refractivity contribution in [3.8, 4) is 0 Å². The minimum Gasteiger partial charge on any atom is -0.336 e. The molecule has 148 valence electrons. The highest BCUT2D eigenvalue weighted by Crippen LogP contribution is 2.21. The van der Waals surface area contributed by atoms with E-state index in [1.807, 2.05) is 20.8 Å². The topological polar surface area (TPSA) is 91.4 Å². The summed E-state index contributed by atoms with van der Waals surface area (Å²) in [4.78, 5) is 41.5. The number of nitrogens with zero attached hydrogens (tertiary/aromatic N) is 2. The van der Waals surface area contributed by atoms with E-state index >= 15 is 0 Å². The lowest BCUT2D eigenvalue weighted by atomic mass is 10.1. The molecule has 0 saturated carbocycles. The van der Waals surface area contributed by atoms with Gasteiger partial charge in [-0.15, -0.1) is 11.3 Å². The molecule has 2 rings (SSSR count). The van der Waals surface area contributed by atoms with Crippen molar-refractivity contribution < 1.29 is 14.4 Å². The summed E-state index contributed by atoms with van der Waals surface area (Å²) in [5.74, 6) is -0.245. The molecule has 1 heterocycles. The van der Waals surface area contributed by atoms with Crippen LogP contribution < -0.4 is 15.5 Å². The maximum Gasteiger partial charge on any atom is 0.319 e. The highest BCUT2D eigenvalue weighted by Gasteiger charge is 2.12. The minimum absolute atomic E-state index is 0.0390. The van der Waals surface area contributed by atoms with Crippen molar-refractivity contribution in [1.29, 1.82) is 0 Å². The lowest BCUT2D eigenvalue weighted by Gasteiger charge is -2.14. The Kier molecular flexibility index (Phi) is 7.45. The summed E-state index contributed by atoms with van der Waals surface area (Å²) in [6.07, 6.45) is 3.06. The van der Waals surface area contributed by atoms with Crippen LogP contribution in [0.5, 0.6) is 0 Å². The first-order chi connectivity index (χ1) is 13.3. The van der Waals surface area contributed by atoms with E-state index in [2.05, 4.69) is 15.6 Å². The van der Waals surface area contributed by atoms with Gasteiger partial charge in [0.1, 0.15) is 0 Å². The van der Waals surface area contributed by atoms with Crippen molar-refractivity contribution in [2.45, 2.75) is 33.7 Å². The average Bonchev–Trinajstić information content (AvgIpc) is 3.08. The van der Waals surface area contributed by atoms with E-state index in [1.165, 1.54) is 24.3 Å². The van der Waals surface area contributed by atoms with Crippen LogP contribution in [0.1, 0.15) is 43.7 Å². The molecule has 0 atom stereocenters. The molecule has 8 heteroatoms. The molecule has 0 radical (unpaired) electrons. The van der Waals surface area contributed by atoms with Crippen LogP contribution in [0.2, 0.25) is 0 Å². The van der Waals surface area contributed by atoms with Gasteiger partial charge in [-0.3, -0.25) is 14.5 Å². The van der Waals surface area contributed by atoms with Crippen molar-refractivity contribution in [1.82, 2.24) is 10.3 Å². The summed E-state index contributed by atoms with van der Waals surface area (Å²) in [6, 6.07) is 6.40. The number of aromatic nitrogens is 1. The number of ketones is 1. The molecular weight excluding hydrogens is 376 g/mol. The number of rotatable bonds is 7. The number of allylic oxidation sites excluding steroid dienone is 1. The Bertz CT molecular complexity index is 872.